The summed E-state index contributed by atoms with van der Waals surface area (Å²) in [4.78, 5) is 11.0. The molecule has 23 heavy (non-hydrogen) atoms. The Morgan fingerprint density at radius 3 is 2.22 bits per heavy atom. The summed E-state index contributed by atoms with van der Waals surface area (Å²) in [5.41, 5.74) is 0.370. The van der Waals surface area contributed by atoms with E-state index in [1.807, 2.05) is 0 Å². The molecule has 1 atom stereocenters. The van der Waals surface area contributed by atoms with E-state index >= 15 is 0 Å². The van der Waals surface area contributed by atoms with Gasteiger partial charge in [0.15, 0.2) is 0 Å². The molecule has 2 aromatic carbocycles. The molecular weight excluding hydrogens is 389 g/mol. The van der Waals surface area contributed by atoms with Gasteiger partial charge in [0.2, 0.25) is 10.0 Å². The molecule has 8 heteroatoms. The summed E-state index contributed by atoms with van der Waals surface area (Å²) in [7, 11) is -3.91. The second kappa shape index (κ2) is 7.20. The second-order valence-corrected chi connectivity index (χ2v) is 7.41. The molecule has 5 nitrogen and oxygen atoms in total. The molecule has 0 heterocycles. The molecule has 0 unspecified atom stereocenters. The summed E-state index contributed by atoms with van der Waals surface area (Å²) in [5, 5.41) is 8.99. The summed E-state index contributed by atoms with van der Waals surface area (Å²) in [6.07, 6.45) is -0.457. The quantitative estimate of drug-likeness (QED) is 0.778. The van der Waals surface area contributed by atoms with Crippen LogP contribution in [0.1, 0.15) is 18.0 Å². The van der Waals surface area contributed by atoms with Crippen molar-refractivity contribution < 1.29 is 22.7 Å². The number of carboxylic acid groups (broad SMARTS) is 1. The molecule has 122 valence electrons. The Balaban J connectivity index is 2.31. The van der Waals surface area contributed by atoms with Gasteiger partial charge in [-0.3, -0.25) is 4.79 Å². The fraction of sp³-hybridized carbons (Fsp3) is 0.133. The molecule has 0 bridgehead atoms. The third kappa shape index (κ3) is 4.85. The van der Waals surface area contributed by atoms with Gasteiger partial charge in [-0.25, -0.2) is 17.5 Å². The number of halogens is 2. The highest BCUT2D eigenvalue weighted by Gasteiger charge is 2.23. The molecule has 2 aromatic rings. The first-order chi connectivity index (χ1) is 10.8. The SMILES string of the molecule is O=C(O)C[C@H](NS(=O)(=O)c1ccc(Br)cc1)c1ccc(F)cc1. The van der Waals surface area contributed by atoms with Crippen LogP contribution >= 0.6 is 15.9 Å². The van der Waals surface area contributed by atoms with E-state index in [1.54, 1.807) is 12.1 Å². The first-order valence-corrected chi connectivity index (χ1v) is 8.81. The lowest BCUT2D eigenvalue weighted by molar-refractivity contribution is -0.137. The summed E-state index contributed by atoms with van der Waals surface area (Å²) >= 11 is 3.21. The molecular formula is C15H13BrFNO4S. The number of nitrogens with one attached hydrogen (secondary N) is 1. The first-order valence-electron chi connectivity index (χ1n) is 6.53. The van der Waals surface area contributed by atoms with Crippen LogP contribution < -0.4 is 4.72 Å². The van der Waals surface area contributed by atoms with Gasteiger partial charge in [0.05, 0.1) is 17.4 Å². The topological polar surface area (TPSA) is 83.5 Å². The van der Waals surface area contributed by atoms with Crippen molar-refractivity contribution in [2.75, 3.05) is 0 Å². The predicted octanol–water partition coefficient (Wildman–Crippen LogP) is 3.08. The Morgan fingerprint density at radius 2 is 1.70 bits per heavy atom. The van der Waals surface area contributed by atoms with Crippen LogP contribution in [-0.4, -0.2) is 19.5 Å². The van der Waals surface area contributed by atoms with Crippen molar-refractivity contribution in [3.05, 3.63) is 64.4 Å². The minimum Gasteiger partial charge on any atom is -0.481 e. The van der Waals surface area contributed by atoms with Crippen molar-refractivity contribution in [2.24, 2.45) is 0 Å². The number of rotatable bonds is 6. The molecule has 0 radical (unpaired) electrons. The zero-order valence-electron chi connectivity index (χ0n) is 11.7. The van der Waals surface area contributed by atoms with E-state index in [0.29, 0.717) is 5.56 Å². The number of carboxylic acids is 1. The summed E-state index contributed by atoms with van der Waals surface area (Å²) in [5.74, 6) is -1.66. The normalized spacial score (nSPS) is 12.8. The highest BCUT2D eigenvalue weighted by Crippen LogP contribution is 2.22. The zero-order valence-corrected chi connectivity index (χ0v) is 14.1. The Labute approximate surface area is 141 Å². The molecule has 2 N–H and O–H groups in total. The van der Waals surface area contributed by atoms with Crippen LogP contribution in [0.4, 0.5) is 4.39 Å². The molecule has 0 saturated carbocycles. The fourth-order valence-electron chi connectivity index (χ4n) is 1.97. The van der Waals surface area contributed by atoms with E-state index in [0.717, 1.165) is 16.6 Å². The molecule has 0 amide bonds. The van der Waals surface area contributed by atoms with Crippen molar-refractivity contribution in [1.82, 2.24) is 4.72 Å². The number of hydrogen-bond donors (Lipinski definition) is 2. The van der Waals surface area contributed by atoms with Crippen LogP contribution in [-0.2, 0) is 14.8 Å². The maximum Gasteiger partial charge on any atom is 0.305 e. The monoisotopic (exact) mass is 401 g/mol. The van der Waals surface area contributed by atoms with Crippen LogP contribution in [0.2, 0.25) is 0 Å². The molecule has 0 aliphatic carbocycles. The van der Waals surface area contributed by atoms with Gasteiger partial charge in [0, 0.05) is 4.47 Å². The minimum absolute atomic E-state index is 0.0122. The Morgan fingerprint density at radius 1 is 1.13 bits per heavy atom. The first kappa shape index (κ1) is 17.6. The van der Waals surface area contributed by atoms with Crippen molar-refractivity contribution >= 4 is 31.9 Å². The van der Waals surface area contributed by atoms with Crippen molar-refractivity contribution in [3.63, 3.8) is 0 Å². The third-order valence-corrected chi connectivity index (χ3v) is 5.09. The lowest BCUT2D eigenvalue weighted by Gasteiger charge is -2.17. The molecule has 0 aromatic heterocycles. The van der Waals surface area contributed by atoms with Gasteiger partial charge >= 0.3 is 5.97 Å². The molecule has 0 aliphatic rings. The van der Waals surface area contributed by atoms with Gasteiger partial charge in [0.1, 0.15) is 5.82 Å². The largest absolute Gasteiger partial charge is 0.481 e. The van der Waals surface area contributed by atoms with E-state index in [9.17, 15) is 17.6 Å². The second-order valence-electron chi connectivity index (χ2n) is 4.78. The number of carbonyl (C=O) groups is 1. The maximum atomic E-state index is 13.0. The predicted molar refractivity (Wildman–Crippen MR) is 85.9 cm³/mol. The molecule has 0 fully saturated rings. The number of sulfonamides is 1. The number of benzene rings is 2. The fourth-order valence-corrected chi connectivity index (χ4v) is 3.46. The highest BCUT2D eigenvalue weighted by atomic mass is 79.9. The lowest BCUT2D eigenvalue weighted by Crippen LogP contribution is -2.30. The van der Waals surface area contributed by atoms with Crippen molar-refractivity contribution in [1.29, 1.82) is 0 Å². The molecule has 2 rings (SSSR count). The van der Waals surface area contributed by atoms with Gasteiger partial charge in [-0.1, -0.05) is 28.1 Å². The molecule has 0 aliphatic heterocycles. The Hall–Kier alpha value is -1.77. The Kier molecular flexibility index (Phi) is 5.51. The number of aliphatic carboxylic acids is 1. The third-order valence-electron chi connectivity index (χ3n) is 3.07. The van der Waals surface area contributed by atoms with Gasteiger partial charge < -0.3 is 5.11 Å². The molecule has 0 saturated heterocycles. The van der Waals surface area contributed by atoms with Crippen LogP contribution in [0.3, 0.4) is 0 Å². The minimum atomic E-state index is -3.91. The average molecular weight is 402 g/mol. The highest BCUT2D eigenvalue weighted by molar-refractivity contribution is 9.10. The van der Waals surface area contributed by atoms with Gasteiger partial charge in [-0.15, -0.1) is 0 Å². The maximum absolute atomic E-state index is 13.0. The average Bonchev–Trinajstić information content (AvgIpc) is 2.47. The smallest absolute Gasteiger partial charge is 0.305 e. The van der Waals surface area contributed by atoms with Crippen LogP contribution in [0.25, 0.3) is 0 Å². The van der Waals surface area contributed by atoms with Gasteiger partial charge in [-0.2, -0.15) is 0 Å². The summed E-state index contributed by atoms with van der Waals surface area (Å²) in [6.45, 7) is 0. The van der Waals surface area contributed by atoms with E-state index < -0.39 is 34.3 Å². The van der Waals surface area contributed by atoms with Gasteiger partial charge in [-0.05, 0) is 42.0 Å². The van der Waals surface area contributed by atoms with E-state index in [4.69, 9.17) is 5.11 Å². The van der Waals surface area contributed by atoms with Crippen molar-refractivity contribution in [2.45, 2.75) is 17.4 Å². The summed E-state index contributed by atoms with van der Waals surface area (Å²) < 4.78 is 40.8. The van der Waals surface area contributed by atoms with Gasteiger partial charge in [0.25, 0.3) is 0 Å². The van der Waals surface area contributed by atoms with Crippen molar-refractivity contribution in [3.8, 4) is 0 Å². The standard InChI is InChI=1S/C15H13BrFNO4S/c16-11-3-7-13(8-4-11)23(21,22)18-14(9-15(19)20)10-1-5-12(17)6-2-10/h1-8,14,18H,9H2,(H,19,20)/t14-/m0/s1. The van der Waals surface area contributed by atoms with Crippen LogP contribution in [0.5, 0.6) is 0 Å². The zero-order chi connectivity index (χ0) is 17.0. The lowest BCUT2D eigenvalue weighted by atomic mass is 10.1. The van der Waals surface area contributed by atoms with E-state index in [1.165, 1.54) is 24.3 Å². The van der Waals surface area contributed by atoms with E-state index in [2.05, 4.69) is 20.7 Å². The summed E-state index contributed by atoms with van der Waals surface area (Å²) in [6, 6.07) is 9.94. The number of hydrogen-bond acceptors (Lipinski definition) is 3. The van der Waals surface area contributed by atoms with E-state index in [-0.39, 0.29) is 4.90 Å². The Bertz CT molecular complexity index is 791. The van der Waals surface area contributed by atoms with Crippen LogP contribution in [0.15, 0.2) is 57.9 Å². The van der Waals surface area contributed by atoms with Crippen LogP contribution in [0, 0.1) is 5.82 Å². The molecule has 0 spiro atoms.